The monoisotopic (exact) mass is 453 g/mol. The van der Waals surface area contributed by atoms with E-state index in [-0.39, 0.29) is 5.91 Å². The lowest BCUT2D eigenvalue weighted by Gasteiger charge is -2.31. The summed E-state index contributed by atoms with van der Waals surface area (Å²) in [5.74, 6) is 1.29. The minimum atomic E-state index is 0.0433. The number of likely N-dealkylation sites (tertiary alicyclic amines) is 1. The van der Waals surface area contributed by atoms with Crippen LogP contribution in [-0.2, 0) is 17.9 Å². The molecule has 0 bridgehead atoms. The Kier molecular flexibility index (Phi) is 6.99. The van der Waals surface area contributed by atoms with Crippen LogP contribution < -0.4 is 0 Å². The number of benzene rings is 1. The van der Waals surface area contributed by atoms with Crippen molar-refractivity contribution in [3.63, 3.8) is 0 Å². The highest BCUT2D eigenvalue weighted by atomic mass is 35.5. The summed E-state index contributed by atoms with van der Waals surface area (Å²) in [6, 6.07) is 5.60. The minimum absolute atomic E-state index is 0.0433. The summed E-state index contributed by atoms with van der Waals surface area (Å²) in [5.41, 5.74) is 3.04. The molecule has 1 amide bonds. The Bertz CT molecular complexity index is 1100. The van der Waals surface area contributed by atoms with Crippen molar-refractivity contribution >= 4 is 23.6 Å². The Morgan fingerprint density at radius 1 is 1.25 bits per heavy atom. The summed E-state index contributed by atoms with van der Waals surface area (Å²) in [4.78, 5) is 16.2. The summed E-state index contributed by atoms with van der Waals surface area (Å²) in [5, 5.41) is 17.1. The fraction of sp³-hybridized carbons (Fsp3) is 0.435. The predicted octanol–water partition coefficient (Wildman–Crippen LogP) is 3.53. The first-order chi connectivity index (χ1) is 15.5. The summed E-state index contributed by atoms with van der Waals surface area (Å²) in [6.45, 7) is 6.81. The van der Waals surface area contributed by atoms with Crippen LogP contribution in [0.5, 0.6) is 0 Å². The van der Waals surface area contributed by atoms with Crippen molar-refractivity contribution in [3.8, 4) is 0 Å². The van der Waals surface area contributed by atoms with Crippen molar-refractivity contribution in [2.24, 2.45) is 5.92 Å². The van der Waals surface area contributed by atoms with Crippen LogP contribution in [0.4, 0.5) is 0 Å². The van der Waals surface area contributed by atoms with E-state index < -0.39 is 0 Å². The molecule has 1 aliphatic rings. The Hall–Kier alpha value is -3.00. The molecule has 1 saturated heterocycles. The molecule has 1 aromatic carbocycles. The Balaban J connectivity index is 1.31. The van der Waals surface area contributed by atoms with Gasteiger partial charge in [-0.2, -0.15) is 9.90 Å². The second kappa shape index (κ2) is 10.1. The van der Waals surface area contributed by atoms with E-state index >= 15 is 0 Å². The van der Waals surface area contributed by atoms with Gasteiger partial charge in [-0.3, -0.25) is 9.48 Å². The van der Waals surface area contributed by atoms with E-state index in [2.05, 4.69) is 33.6 Å². The maximum absolute atomic E-state index is 12.8. The van der Waals surface area contributed by atoms with Gasteiger partial charge in [-0.25, -0.2) is 0 Å². The zero-order chi connectivity index (χ0) is 22.5. The number of hydrogen-bond donors (Lipinski definition) is 0. The Morgan fingerprint density at radius 3 is 2.75 bits per heavy atom. The number of carbonyl (C=O) groups excluding carboxylic acids is 1. The number of nitrogens with zero attached hydrogens (tertiary/aromatic N) is 7. The van der Waals surface area contributed by atoms with Crippen molar-refractivity contribution < 1.29 is 4.79 Å². The van der Waals surface area contributed by atoms with E-state index in [4.69, 9.17) is 11.6 Å². The van der Waals surface area contributed by atoms with E-state index in [0.29, 0.717) is 23.3 Å². The summed E-state index contributed by atoms with van der Waals surface area (Å²) < 4.78 is 2.01. The molecule has 168 valence electrons. The lowest BCUT2D eigenvalue weighted by atomic mass is 9.93. The van der Waals surface area contributed by atoms with Crippen molar-refractivity contribution in [3.05, 3.63) is 64.2 Å². The van der Waals surface area contributed by atoms with Gasteiger partial charge in [0.25, 0.3) is 0 Å². The third-order valence-electron chi connectivity index (χ3n) is 5.83. The molecular formula is C23H28ClN7O. The molecular weight excluding hydrogens is 426 g/mol. The first-order valence-electron chi connectivity index (χ1n) is 10.9. The normalized spacial score (nSPS) is 15.0. The molecule has 3 heterocycles. The fourth-order valence-corrected chi connectivity index (χ4v) is 4.22. The quantitative estimate of drug-likeness (QED) is 0.511. The highest BCUT2D eigenvalue weighted by Crippen LogP contribution is 2.22. The van der Waals surface area contributed by atoms with Gasteiger partial charge in [0.2, 0.25) is 5.91 Å². The van der Waals surface area contributed by atoms with Gasteiger partial charge in [-0.05, 0) is 79.1 Å². The van der Waals surface area contributed by atoms with Crippen LogP contribution in [0.1, 0.15) is 41.8 Å². The molecule has 1 fully saturated rings. The molecule has 3 aromatic rings. The van der Waals surface area contributed by atoms with Gasteiger partial charge in [0.05, 0.1) is 12.7 Å². The molecule has 0 atom stereocenters. The molecule has 0 radical (unpaired) electrons. The summed E-state index contributed by atoms with van der Waals surface area (Å²) in [6.07, 6.45) is 10.6. The lowest BCUT2D eigenvalue weighted by Crippen LogP contribution is -2.37. The van der Waals surface area contributed by atoms with Gasteiger partial charge >= 0.3 is 0 Å². The van der Waals surface area contributed by atoms with Crippen molar-refractivity contribution in [1.82, 2.24) is 34.9 Å². The van der Waals surface area contributed by atoms with Crippen molar-refractivity contribution in [2.45, 2.75) is 46.2 Å². The largest absolute Gasteiger partial charge is 0.339 e. The molecule has 32 heavy (non-hydrogen) atoms. The highest BCUT2D eigenvalue weighted by molar-refractivity contribution is 6.30. The fourth-order valence-electron chi connectivity index (χ4n) is 4.03. The number of aromatic nitrogens is 6. The van der Waals surface area contributed by atoms with Crippen LogP contribution in [0.25, 0.3) is 6.08 Å². The number of hydrogen-bond acceptors (Lipinski definition) is 5. The Morgan fingerprint density at radius 2 is 2.06 bits per heavy atom. The van der Waals surface area contributed by atoms with Crippen LogP contribution in [0.2, 0.25) is 5.02 Å². The topological polar surface area (TPSA) is 81.7 Å². The second-order valence-electron chi connectivity index (χ2n) is 8.38. The maximum Gasteiger partial charge on any atom is 0.246 e. The molecule has 4 rings (SSSR count). The number of halogens is 1. The molecule has 0 aliphatic carbocycles. The van der Waals surface area contributed by atoms with E-state index in [1.54, 1.807) is 13.0 Å². The third kappa shape index (κ3) is 5.82. The maximum atomic E-state index is 12.8. The van der Waals surface area contributed by atoms with Crippen molar-refractivity contribution in [1.29, 1.82) is 0 Å². The smallest absolute Gasteiger partial charge is 0.246 e. The van der Waals surface area contributed by atoms with Gasteiger partial charge in [-0.1, -0.05) is 17.7 Å². The van der Waals surface area contributed by atoms with Gasteiger partial charge in [0.15, 0.2) is 5.82 Å². The number of piperidine rings is 1. The summed E-state index contributed by atoms with van der Waals surface area (Å²) in [7, 11) is 0. The molecule has 2 aromatic heterocycles. The first-order valence-corrected chi connectivity index (χ1v) is 11.3. The average Bonchev–Trinajstić information content (AvgIpc) is 3.39. The lowest BCUT2D eigenvalue weighted by molar-refractivity contribution is -0.127. The first kappa shape index (κ1) is 22.2. The number of tetrazole rings is 1. The van der Waals surface area contributed by atoms with Crippen molar-refractivity contribution in [2.75, 3.05) is 13.1 Å². The molecule has 1 aliphatic heterocycles. The average molecular weight is 454 g/mol. The second-order valence-corrected chi connectivity index (χ2v) is 8.82. The standard InChI is InChI=1S/C23H28ClN7O/c1-17-14-25-30(15-17)12-9-19-7-10-29(11-8-19)23(32)6-4-20-3-5-22(24)13-21(20)16-31-27-18(2)26-28-31/h3-6,13-15,19H,7-12,16H2,1-2H3. The van der Waals surface area contributed by atoms with E-state index in [1.807, 2.05) is 40.1 Å². The van der Waals surface area contributed by atoms with Gasteiger partial charge in [0, 0.05) is 36.9 Å². The van der Waals surface area contributed by atoms with Crippen LogP contribution in [0.3, 0.4) is 0 Å². The molecule has 8 nitrogen and oxygen atoms in total. The zero-order valence-electron chi connectivity index (χ0n) is 18.5. The van der Waals surface area contributed by atoms with Crippen LogP contribution in [0, 0.1) is 19.8 Å². The zero-order valence-corrected chi connectivity index (χ0v) is 19.2. The number of aryl methyl sites for hydroxylation is 3. The van der Waals surface area contributed by atoms with E-state index in [0.717, 1.165) is 50.0 Å². The van der Waals surface area contributed by atoms with Crippen LogP contribution in [-0.4, -0.2) is 53.9 Å². The van der Waals surface area contributed by atoms with Crippen LogP contribution >= 0.6 is 11.6 Å². The third-order valence-corrected chi connectivity index (χ3v) is 6.07. The predicted molar refractivity (Wildman–Crippen MR) is 123 cm³/mol. The molecule has 0 unspecified atom stereocenters. The Labute approximate surface area is 192 Å². The molecule has 9 heteroatoms. The van der Waals surface area contributed by atoms with E-state index in [1.165, 1.54) is 10.4 Å². The van der Waals surface area contributed by atoms with Gasteiger partial charge < -0.3 is 4.90 Å². The SMILES string of the molecule is Cc1cnn(CCC2CCN(C(=O)C=Cc3ccc(Cl)cc3Cn3nnc(C)n3)CC2)c1. The van der Waals surface area contributed by atoms with Gasteiger partial charge in [-0.15, -0.1) is 10.2 Å². The van der Waals surface area contributed by atoms with E-state index in [9.17, 15) is 4.79 Å². The molecule has 0 N–H and O–H groups in total. The summed E-state index contributed by atoms with van der Waals surface area (Å²) >= 11 is 6.18. The molecule has 0 saturated carbocycles. The number of carbonyl (C=O) groups is 1. The highest BCUT2D eigenvalue weighted by Gasteiger charge is 2.21. The number of amides is 1. The number of rotatable bonds is 7. The minimum Gasteiger partial charge on any atom is -0.339 e. The molecule has 0 spiro atoms. The van der Waals surface area contributed by atoms with Gasteiger partial charge in [0.1, 0.15) is 0 Å². The van der Waals surface area contributed by atoms with Crippen LogP contribution in [0.15, 0.2) is 36.7 Å².